The fraction of sp³-hybridized carbons (Fsp3) is 0.333. The van der Waals surface area contributed by atoms with Gasteiger partial charge in [0.1, 0.15) is 6.61 Å². The van der Waals surface area contributed by atoms with Gasteiger partial charge in [0.25, 0.3) is 0 Å². The number of rotatable bonds is 5. The number of carbonyl (C=O) groups is 1. The van der Waals surface area contributed by atoms with Crippen molar-refractivity contribution in [1.82, 2.24) is 9.78 Å². The Morgan fingerprint density at radius 3 is 2.68 bits per heavy atom. The van der Waals surface area contributed by atoms with Crippen LogP contribution in [0.25, 0.3) is 0 Å². The van der Waals surface area contributed by atoms with E-state index < -0.39 is 0 Å². The molecule has 0 amide bonds. The highest BCUT2D eigenvalue weighted by atomic mass is 16.5. The first-order valence-electron chi connectivity index (χ1n) is 6.34. The van der Waals surface area contributed by atoms with Crippen molar-refractivity contribution < 1.29 is 9.53 Å². The summed E-state index contributed by atoms with van der Waals surface area (Å²) in [6, 6.07) is 9.69. The van der Waals surface area contributed by atoms with Crippen molar-refractivity contribution in [2.24, 2.45) is 7.05 Å². The molecule has 2 aromatic rings. The van der Waals surface area contributed by atoms with Gasteiger partial charge >= 0.3 is 5.97 Å². The minimum Gasteiger partial charge on any atom is -0.461 e. The van der Waals surface area contributed by atoms with Crippen LogP contribution in [0.2, 0.25) is 0 Å². The third-order valence-electron chi connectivity index (χ3n) is 3.08. The second kappa shape index (κ2) is 6.18. The number of nitrogens with zero attached hydrogens (tertiary/aromatic N) is 2. The lowest BCUT2D eigenvalue weighted by Crippen LogP contribution is -2.08. The Bertz CT molecular complexity index is 527. The molecule has 0 aliphatic carbocycles. The molecule has 0 aliphatic heterocycles. The summed E-state index contributed by atoms with van der Waals surface area (Å²) < 4.78 is 7.04. The Morgan fingerprint density at radius 1 is 1.32 bits per heavy atom. The van der Waals surface area contributed by atoms with Crippen molar-refractivity contribution in [2.45, 2.75) is 26.4 Å². The standard InChI is InChI=1S/C15H18N2O2/c1-12-10-16-17(2)14(12)8-9-15(18)19-11-13-6-4-3-5-7-13/h3-7,10H,8-9,11H2,1-2H3. The summed E-state index contributed by atoms with van der Waals surface area (Å²) in [6.45, 7) is 2.33. The second-order valence-electron chi connectivity index (χ2n) is 4.54. The number of hydrogen-bond acceptors (Lipinski definition) is 3. The van der Waals surface area contributed by atoms with Crippen LogP contribution in [0.3, 0.4) is 0 Å². The zero-order valence-electron chi connectivity index (χ0n) is 11.3. The van der Waals surface area contributed by atoms with Gasteiger partial charge in [0.05, 0.1) is 12.6 Å². The average Bonchev–Trinajstić information content (AvgIpc) is 2.75. The first kappa shape index (κ1) is 13.3. The Hall–Kier alpha value is -2.10. The lowest BCUT2D eigenvalue weighted by atomic mass is 10.2. The van der Waals surface area contributed by atoms with Gasteiger partial charge in [-0.1, -0.05) is 30.3 Å². The van der Waals surface area contributed by atoms with Crippen LogP contribution in [0.15, 0.2) is 36.5 Å². The summed E-state index contributed by atoms with van der Waals surface area (Å²) >= 11 is 0. The molecule has 4 nitrogen and oxygen atoms in total. The van der Waals surface area contributed by atoms with Crippen LogP contribution in [0, 0.1) is 6.92 Å². The lowest BCUT2D eigenvalue weighted by molar-refractivity contribution is -0.144. The van der Waals surface area contributed by atoms with E-state index in [1.807, 2.05) is 50.5 Å². The minimum absolute atomic E-state index is 0.176. The molecule has 4 heteroatoms. The Morgan fingerprint density at radius 2 is 2.05 bits per heavy atom. The summed E-state index contributed by atoms with van der Waals surface area (Å²) in [5.41, 5.74) is 3.20. The molecule has 1 heterocycles. The van der Waals surface area contributed by atoms with E-state index in [-0.39, 0.29) is 5.97 Å². The van der Waals surface area contributed by atoms with E-state index >= 15 is 0 Å². The van der Waals surface area contributed by atoms with Crippen LogP contribution in [0.5, 0.6) is 0 Å². The zero-order valence-corrected chi connectivity index (χ0v) is 11.3. The van der Waals surface area contributed by atoms with Crippen molar-refractivity contribution in [1.29, 1.82) is 0 Å². The summed E-state index contributed by atoms with van der Waals surface area (Å²) in [5, 5.41) is 4.15. The minimum atomic E-state index is -0.176. The van der Waals surface area contributed by atoms with Gasteiger partial charge in [0, 0.05) is 19.2 Å². The molecule has 0 aliphatic rings. The van der Waals surface area contributed by atoms with Crippen molar-refractivity contribution in [2.75, 3.05) is 0 Å². The number of carbonyl (C=O) groups excluding carboxylic acids is 1. The molecular formula is C15H18N2O2. The van der Waals surface area contributed by atoms with Crippen molar-refractivity contribution in [3.63, 3.8) is 0 Å². The van der Waals surface area contributed by atoms with Crippen LogP contribution in [-0.4, -0.2) is 15.7 Å². The first-order chi connectivity index (χ1) is 9.16. The molecule has 0 spiro atoms. The molecule has 0 saturated carbocycles. The second-order valence-corrected chi connectivity index (χ2v) is 4.54. The fourth-order valence-electron chi connectivity index (χ4n) is 1.96. The van der Waals surface area contributed by atoms with Crippen LogP contribution >= 0.6 is 0 Å². The molecule has 0 fully saturated rings. The van der Waals surface area contributed by atoms with Gasteiger partial charge in [-0.2, -0.15) is 5.10 Å². The van der Waals surface area contributed by atoms with Gasteiger partial charge in [-0.15, -0.1) is 0 Å². The number of aromatic nitrogens is 2. The molecule has 0 bridgehead atoms. The quantitative estimate of drug-likeness (QED) is 0.773. The van der Waals surface area contributed by atoms with Crippen LogP contribution in [-0.2, 0) is 29.6 Å². The maximum Gasteiger partial charge on any atom is 0.306 e. The molecule has 1 aromatic carbocycles. The van der Waals surface area contributed by atoms with Gasteiger partial charge < -0.3 is 4.74 Å². The Kier molecular flexibility index (Phi) is 4.34. The molecule has 0 saturated heterocycles. The molecule has 0 unspecified atom stereocenters. The predicted octanol–water partition coefficient (Wildman–Crippen LogP) is 2.40. The zero-order chi connectivity index (χ0) is 13.7. The van der Waals surface area contributed by atoms with Gasteiger partial charge in [0.2, 0.25) is 0 Å². The van der Waals surface area contributed by atoms with Gasteiger partial charge in [-0.3, -0.25) is 9.48 Å². The topological polar surface area (TPSA) is 44.1 Å². The van der Waals surface area contributed by atoms with Gasteiger partial charge in [-0.25, -0.2) is 0 Å². The summed E-state index contributed by atoms with van der Waals surface area (Å²) in [6.07, 6.45) is 2.85. The van der Waals surface area contributed by atoms with Crippen LogP contribution in [0.1, 0.15) is 23.2 Å². The molecule has 0 atom stereocenters. The number of esters is 1. The fourth-order valence-corrected chi connectivity index (χ4v) is 1.96. The first-order valence-corrected chi connectivity index (χ1v) is 6.34. The molecule has 1 aromatic heterocycles. The maximum absolute atomic E-state index is 11.7. The Labute approximate surface area is 113 Å². The molecule has 2 rings (SSSR count). The highest BCUT2D eigenvalue weighted by molar-refractivity contribution is 5.69. The van der Waals surface area contributed by atoms with Gasteiger partial charge in [-0.05, 0) is 18.1 Å². The van der Waals surface area contributed by atoms with Gasteiger partial charge in [0.15, 0.2) is 0 Å². The smallest absolute Gasteiger partial charge is 0.306 e. The Balaban J connectivity index is 1.79. The predicted molar refractivity (Wildman–Crippen MR) is 72.5 cm³/mol. The highest BCUT2D eigenvalue weighted by Gasteiger charge is 2.09. The molecule has 0 radical (unpaired) electrons. The van der Waals surface area contributed by atoms with E-state index in [0.29, 0.717) is 19.4 Å². The SMILES string of the molecule is Cc1cnn(C)c1CCC(=O)OCc1ccccc1. The molecule has 19 heavy (non-hydrogen) atoms. The summed E-state index contributed by atoms with van der Waals surface area (Å²) in [7, 11) is 1.89. The number of benzene rings is 1. The summed E-state index contributed by atoms with van der Waals surface area (Å²) in [4.78, 5) is 11.7. The average molecular weight is 258 g/mol. The van der Waals surface area contributed by atoms with E-state index in [9.17, 15) is 4.79 Å². The monoisotopic (exact) mass is 258 g/mol. The maximum atomic E-state index is 11.7. The van der Waals surface area contributed by atoms with Crippen molar-refractivity contribution in [3.05, 3.63) is 53.3 Å². The number of hydrogen-bond donors (Lipinski definition) is 0. The molecular weight excluding hydrogens is 240 g/mol. The third kappa shape index (κ3) is 3.68. The van der Waals surface area contributed by atoms with E-state index in [1.54, 1.807) is 4.68 Å². The summed E-state index contributed by atoms with van der Waals surface area (Å²) in [5.74, 6) is -0.176. The number of aryl methyl sites for hydroxylation is 2. The van der Waals surface area contributed by atoms with Crippen molar-refractivity contribution >= 4 is 5.97 Å². The largest absolute Gasteiger partial charge is 0.461 e. The van der Waals surface area contributed by atoms with Crippen LogP contribution < -0.4 is 0 Å². The lowest BCUT2D eigenvalue weighted by Gasteiger charge is -2.06. The van der Waals surface area contributed by atoms with Crippen molar-refractivity contribution in [3.8, 4) is 0 Å². The van der Waals surface area contributed by atoms with E-state index in [4.69, 9.17) is 4.74 Å². The third-order valence-corrected chi connectivity index (χ3v) is 3.08. The molecule has 100 valence electrons. The van der Waals surface area contributed by atoms with E-state index in [0.717, 1.165) is 16.8 Å². The van der Waals surface area contributed by atoms with Crippen LogP contribution in [0.4, 0.5) is 0 Å². The normalized spacial score (nSPS) is 10.4. The van der Waals surface area contributed by atoms with E-state index in [2.05, 4.69) is 5.10 Å². The number of ether oxygens (including phenoxy) is 1. The highest BCUT2D eigenvalue weighted by Crippen LogP contribution is 2.09. The van der Waals surface area contributed by atoms with E-state index in [1.165, 1.54) is 0 Å². The molecule has 0 N–H and O–H groups in total.